The van der Waals surface area contributed by atoms with Gasteiger partial charge in [0.05, 0.1) is 17.9 Å². The number of imidazole rings is 1. The number of para-hydroxylation sites is 1. The van der Waals surface area contributed by atoms with Crippen molar-refractivity contribution in [2.75, 3.05) is 25.6 Å². The van der Waals surface area contributed by atoms with Crippen molar-refractivity contribution in [3.63, 3.8) is 0 Å². The van der Waals surface area contributed by atoms with Gasteiger partial charge in [-0.3, -0.25) is 9.20 Å². The van der Waals surface area contributed by atoms with E-state index in [4.69, 9.17) is 25.2 Å². The molecule has 5 N–H and O–H groups in total. The number of anilines is 1. The number of hydrogen-bond acceptors (Lipinski definition) is 9. The third-order valence-corrected chi connectivity index (χ3v) is 6.25. The highest BCUT2D eigenvalue weighted by molar-refractivity contribution is 6.58. The molecule has 3 aromatic heterocycles. The van der Waals surface area contributed by atoms with E-state index < -0.39 is 13.0 Å². The van der Waals surface area contributed by atoms with Crippen LogP contribution in [0.3, 0.4) is 0 Å². The van der Waals surface area contributed by atoms with Crippen LogP contribution in [0.1, 0.15) is 21.6 Å². The molecule has 5 aromatic rings. The summed E-state index contributed by atoms with van der Waals surface area (Å²) in [5, 5.41) is 23.2. The van der Waals surface area contributed by atoms with Crippen molar-refractivity contribution in [2.24, 2.45) is 5.73 Å². The van der Waals surface area contributed by atoms with Crippen molar-refractivity contribution >= 4 is 40.9 Å². The minimum absolute atomic E-state index is 0.292. The summed E-state index contributed by atoms with van der Waals surface area (Å²) < 4.78 is 12.9. The van der Waals surface area contributed by atoms with Crippen molar-refractivity contribution in [2.45, 2.75) is 13.5 Å². The molecule has 1 amide bonds. The minimum atomic E-state index is -1.56. The molecule has 198 valence electrons. The van der Waals surface area contributed by atoms with Gasteiger partial charge in [-0.25, -0.2) is 15.0 Å². The van der Waals surface area contributed by atoms with Crippen LogP contribution in [-0.2, 0) is 11.3 Å². The Morgan fingerprint density at radius 3 is 2.67 bits per heavy atom. The number of nitrogens with two attached hydrogens (primary N) is 1. The summed E-state index contributed by atoms with van der Waals surface area (Å²) in [7, 11) is 0.0413. The SMILES string of the molecule is COCCOc1cccc2c(NCc3cccc(B(O)O)c3)nc(-c3c(C)nc4c(C(N)=O)cccn34)nc12. The molecule has 0 aliphatic heterocycles. The molecule has 0 unspecified atom stereocenters. The smallest absolute Gasteiger partial charge is 0.488 e. The van der Waals surface area contributed by atoms with Crippen LogP contribution in [0, 0.1) is 6.92 Å². The molecule has 0 aliphatic carbocycles. The largest absolute Gasteiger partial charge is 0.489 e. The summed E-state index contributed by atoms with van der Waals surface area (Å²) in [5.74, 6) is 0.899. The van der Waals surface area contributed by atoms with E-state index in [9.17, 15) is 14.8 Å². The van der Waals surface area contributed by atoms with Gasteiger partial charge in [0.2, 0.25) is 0 Å². The van der Waals surface area contributed by atoms with Crippen molar-refractivity contribution in [3.8, 4) is 17.3 Å². The van der Waals surface area contributed by atoms with E-state index in [0.29, 0.717) is 70.7 Å². The predicted octanol–water partition coefficient (Wildman–Crippen LogP) is 1.67. The number of amides is 1. The molecule has 0 radical (unpaired) electrons. The van der Waals surface area contributed by atoms with Gasteiger partial charge < -0.3 is 30.6 Å². The molecule has 0 fully saturated rings. The van der Waals surface area contributed by atoms with Crippen LogP contribution in [0.5, 0.6) is 5.75 Å². The van der Waals surface area contributed by atoms with Gasteiger partial charge in [0, 0.05) is 25.2 Å². The van der Waals surface area contributed by atoms with Gasteiger partial charge in [-0.15, -0.1) is 0 Å². The molecule has 0 saturated heterocycles. The van der Waals surface area contributed by atoms with Gasteiger partial charge in [-0.1, -0.05) is 30.3 Å². The zero-order valence-corrected chi connectivity index (χ0v) is 21.5. The maximum absolute atomic E-state index is 12.0. The number of nitrogens with one attached hydrogen (secondary N) is 1. The van der Waals surface area contributed by atoms with E-state index in [1.807, 2.05) is 31.2 Å². The molecule has 12 heteroatoms. The quantitative estimate of drug-likeness (QED) is 0.157. The van der Waals surface area contributed by atoms with Crippen LogP contribution in [-0.4, -0.2) is 62.7 Å². The summed E-state index contributed by atoms with van der Waals surface area (Å²) in [5.41, 5.74) is 9.33. The number of carbonyl (C=O) groups is 1. The number of pyridine rings is 1. The lowest BCUT2D eigenvalue weighted by Gasteiger charge is -2.14. The maximum atomic E-state index is 12.0. The number of primary amides is 1. The van der Waals surface area contributed by atoms with Gasteiger partial charge >= 0.3 is 7.12 Å². The summed E-state index contributed by atoms with van der Waals surface area (Å²) in [6.07, 6.45) is 1.78. The molecule has 0 atom stereocenters. The molecule has 0 saturated carbocycles. The van der Waals surface area contributed by atoms with Crippen molar-refractivity contribution in [1.29, 1.82) is 0 Å². The van der Waals surface area contributed by atoms with Gasteiger partial charge in [0.25, 0.3) is 5.91 Å². The van der Waals surface area contributed by atoms with Crippen molar-refractivity contribution in [3.05, 3.63) is 77.6 Å². The molecular weight excluding hydrogens is 499 g/mol. The second-order valence-corrected chi connectivity index (χ2v) is 8.89. The Labute approximate surface area is 224 Å². The van der Waals surface area contributed by atoms with E-state index in [0.717, 1.165) is 10.9 Å². The lowest BCUT2D eigenvalue weighted by molar-refractivity contribution is 0.100. The first-order chi connectivity index (χ1) is 18.9. The molecule has 0 spiro atoms. The zero-order chi connectivity index (χ0) is 27.5. The summed E-state index contributed by atoms with van der Waals surface area (Å²) >= 11 is 0. The summed E-state index contributed by atoms with van der Waals surface area (Å²) in [6.45, 7) is 2.93. The molecule has 5 rings (SSSR count). The maximum Gasteiger partial charge on any atom is 0.488 e. The summed E-state index contributed by atoms with van der Waals surface area (Å²) in [4.78, 5) is 26.4. The Bertz CT molecular complexity index is 1670. The molecule has 3 heterocycles. The van der Waals surface area contributed by atoms with E-state index in [2.05, 4.69) is 10.3 Å². The van der Waals surface area contributed by atoms with Crippen LogP contribution in [0.15, 0.2) is 60.8 Å². The second kappa shape index (κ2) is 11.1. The average Bonchev–Trinajstić information content (AvgIpc) is 3.27. The average molecular weight is 526 g/mol. The molecule has 2 aromatic carbocycles. The predicted molar refractivity (Wildman–Crippen MR) is 148 cm³/mol. The van der Waals surface area contributed by atoms with Crippen LogP contribution in [0.2, 0.25) is 0 Å². The number of nitrogens with zero attached hydrogens (tertiary/aromatic N) is 4. The number of aromatic nitrogens is 4. The monoisotopic (exact) mass is 526 g/mol. The normalized spacial score (nSPS) is 11.2. The van der Waals surface area contributed by atoms with E-state index >= 15 is 0 Å². The van der Waals surface area contributed by atoms with Gasteiger partial charge in [-0.2, -0.15) is 0 Å². The standard InChI is InChI=1S/C27H27BN6O5/c1-16-23(34-11-5-9-20(24(29)35)27(34)31-16)26-32-22-19(8-4-10-21(22)39-13-12-38-2)25(33-26)30-15-17-6-3-7-18(14-17)28(36)37/h3-11,14,36-37H,12-13,15H2,1-2H3,(H2,29,35)(H,30,32,33). The van der Waals surface area contributed by atoms with E-state index in [1.165, 1.54) is 0 Å². The van der Waals surface area contributed by atoms with Crippen LogP contribution < -0.4 is 21.3 Å². The third kappa shape index (κ3) is 5.25. The highest BCUT2D eigenvalue weighted by Crippen LogP contribution is 2.33. The minimum Gasteiger partial charge on any atom is -0.489 e. The first kappa shape index (κ1) is 26.1. The van der Waals surface area contributed by atoms with Crippen LogP contribution in [0.25, 0.3) is 28.1 Å². The van der Waals surface area contributed by atoms with E-state index in [-0.39, 0.29) is 0 Å². The lowest BCUT2D eigenvalue weighted by Crippen LogP contribution is -2.30. The Balaban J connectivity index is 1.65. The third-order valence-electron chi connectivity index (χ3n) is 6.25. The Hall–Kier alpha value is -4.52. The van der Waals surface area contributed by atoms with Crippen LogP contribution in [0.4, 0.5) is 5.82 Å². The lowest BCUT2D eigenvalue weighted by atomic mass is 9.80. The fraction of sp³-hybridized carbons (Fsp3) is 0.185. The molecule has 11 nitrogen and oxygen atoms in total. The van der Waals surface area contributed by atoms with Crippen molar-refractivity contribution in [1.82, 2.24) is 19.4 Å². The first-order valence-electron chi connectivity index (χ1n) is 12.3. The molecule has 0 aliphatic rings. The number of fused-ring (bicyclic) bond motifs is 2. The molecule has 39 heavy (non-hydrogen) atoms. The Morgan fingerprint density at radius 1 is 1.08 bits per heavy atom. The Morgan fingerprint density at radius 2 is 1.90 bits per heavy atom. The van der Waals surface area contributed by atoms with Crippen molar-refractivity contribution < 1.29 is 24.3 Å². The highest BCUT2D eigenvalue weighted by atomic mass is 16.5. The Kier molecular flexibility index (Phi) is 7.41. The van der Waals surface area contributed by atoms with Gasteiger partial charge in [0.1, 0.15) is 35.0 Å². The van der Waals surface area contributed by atoms with Crippen LogP contribution >= 0.6 is 0 Å². The first-order valence-corrected chi connectivity index (χ1v) is 12.3. The second-order valence-electron chi connectivity index (χ2n) is 8.89. The fourth-order valence-corrected chi connectivity index (χ4v) is 4.41. The highest BCUT2D eigenvalue weighted by Gasteiger charge is 2.21. The topological polar surface area (TPSA) is 157 Å². The number of hydrogen-bond donors (Lipinski definition) is 4. The number of carbonyl (C=O) groups excluding carboxylic acids is 1. The molecular formula is C27H27BN6O5. The van der Waals surface area contributed by atoms with E-state index in [1.54, 1.807) is 48.0 Å². The number of methoxy groups -OCH3 is 1. The summed E-state index contributed by atoms with van der Waals surface area (Å²) in [6, 6.07) is 15.9. The number of rotatable bonds is 10. The number of benzene rings is 2. The fourth-order valence-electron chi connectivity index (χ4n) is 4.41. The number of aryl methyl sites for hydroxylation is 1. The zero-order valence-electron chi connectivity index (χ0n) is 21.5. The van der Waals surface area contributed by atoms with Gasteiger partial charge in [0.15, 0.2) is 5.82 Å². The number of ether oxygens (including phenoxy) is 2. The molecule has 0 bridgehead atoms. The van der Waals surface area contributed by atoms with Gasteiger partial charge in [-0.05, 0) is 42.2 Å².